The Balaban J connectivity index is 2.12. The van der Waals surface area contributed by atoms with Crippen molar-refractivity contribution in [2.75, 3.05) is 6.54 Å². The summed E-state index contributed by atoms with van der Waals surface area (Å²) in [5, 5.41) is 4.19. The van der Waals surface area contributed by atoms with E-state index in [0.29, 0.717) is 24.2 Å². The Kier molecular flexibility index (Phi) is 4.08. The van der Waals surface area contributed by atoms with Crippen LogP contribution in [0.15, 0.2) is 32.7 Å². The van der Waals surface area contributed by atoms with Gasteiger partial charge >= 0.3 is 5.69 Å². The second-order valence-corrected chi connectivity index (χ2v) is 8.58. The quantitative estimate of drug-likeness (QED) is 0.603. The third kappa shape index (κ3) is 2.74. The first-order valence-corrected chi connectivity index (χ1v) is 10.2. The Labute approximate surface area is 155 Å². The summed E-state index contributed by atoms with van der Waals surface area (Å²) in [7, 11) is -4.20. The highest BCUT2D eigenvalue weighted by molar-refractivity contribution is 7.90. The second-order valence-electron chi connectivity index (χ2n) is 6.86. The molecule has 0 unspecified atom stereocenters. The number of nitrogens with zero attached hydrogens (tertiary/aromatic N) is 1. The fraction of sp³-hybridized carbons (Fsp3) is 0.333. The molecule has 1 aliphatic heterocycles. The van der Waals surface area contributed by atoms with Crippen molar-refractivity contribution >= 4 is 20.9 Å². The maximum absolute atomic E-state index is 13.5. The minimum Gasteiger partial charge on any atom is -0.313 e. The van der Waals surface area contributed by atoms with Gasteiger partial charge in [-0.3, -0.25) is 9.78 Å². The van der Waals surface area contributed by atoms with E-state index in [1.165, 1.54) is 10.9 Å². The minimum absolute atomic E-state index is 0.0261. The van der Waals surface area contributed by atoms with Crippen molar-refractivity contribution in [3.05, 3.63) is 61.6 Å². The lowest BCUT2D eigenvalue weighted by atomic mass is 10.1. The standard InChI is InChI=1S/C18H20N4O4S/c1-10-5-6-15-12(8-10)13-9-19-7-3-4-14(13)22(15)27(25,26)16-11(2)20-18(24)21-17(16)23/h5-6,8,19H,3-4,7,9H2,1-2H3,(H2,20,21,23,24). The van der Waals surface area contributed by atoms with E-state index in [2.05, 4.69) is 10.3 Å². The van der Waals surface area contributed by atoms with Crippen molar-refractivity contribution in [1.29, 1.82) is 0 Å². The third-order valence-electron chi connectivity index (χ3n) is 4.93. The smallest absolute Gasteiger partial charge is 0.313 e. The highest BCUT2D eigenvalue weighted by atomic mass is 32.2. The Hall–Kier alpha value is -2.65. The van der Waals surface area contributed by atoms with Crippen LogP contribution in [0, 0.1) is 13.8 Å². The molecule has 0 saturated carbocycles. The summed E-state index contributed by atoms with van der Waals surface area (Å²) in [6.45, 7) is 4.73. The molecule has 0 fully saturated rings. The fourth-order valence-corrected chi connectivity index (χ4v) is 5.62. The minimum atomic E-state index is -4.20. The van der Waals surface area contributed by atoms with Crippen molar-refractivity contribution < 1.29 is 8.42 Å². The van der Waals surface area contributed by atoms with Gasteiger partial charge < -0.3 is 10.3 Å². The van der Waals surface area contributed by atoms with Crippen LogP contribution in [0.1, 0.15) is 28.9 Å². The normalized spacial score (nSPS) is 14.9. The van der Waals surface area contributed by atoms with Crippen LogP contribution >= 0.6 is 0 Å². The maximum Gasteiger partial charge on any atom is 0.325 e. The van der Waals surface area contributed by atoms with E-state index in [9.17, 15) is 18.0 Å². The predicted octanol–water partition coefficient (Wildman–Crippen LogP) is 0.908. The summed E-state index contributed by atoms with van der Waals surface area (Å²) in [5.41, 5.74) is 1.58. The van der Waals surface area contributed by atoms with Gasteiger partial charge in [-0.15, -0.1) is 0 Å². The van der Waals surface area contributed by atoms with Crippen molar-refractivity contribution in [1.82, 2.24) is 19.3 Å². The van der Waals surface area contributed by atoms with Crippen LogP contribution in [0.5, 0.6) is 0 Å². The van der Waals surface area contributed by atoms with Crippen LogP contribution in [0.25, 0.3) is 10.9 Å². The topological polar surface area (TPSA) is 117 Å². The van der Waals surface area contributed by atoms with Gasteiger partial charge in [0.15, 0.2) is 4.90 Å². The zero-order chi connectivity index (χ0) is 19.3. The molecule has 1 aliphatic rings. The van der Waals surface area contributed by atoms with Crippen molar-refractivity contribution in [2.45, 2.75) is 38.1 Å². The van der Waals surface area contributed by atoms with E-state index in [1.54, 1.807) is 6.07 Å². The molecule has 142 valence electrons. The van der Waals surface area contributed by atoms with Gasteiger partial charge in [0.2, 0.25) is 0 Å². The van der Waals surface area contributed by atoms with Gasteiger partial charge in [-0.1, -0.05) is 11.6 Å². The molecule has 0 bridgehead atoms. The van der Waals surface area contributed by atoms with Crippen molar-refractivity contribution in [3.63, 3.8) is 0 Å². The average Bonchev–Trinajstić information content (AvgIpc) is 2.72. The fourth-order valence-electron chi connectivity index (χ4n) is 3.80. The van der Waals surface area contributed by atoms with E-state index >= 15 is 0 Å². The molecular formula is C18H20N4O4S. The molecule has 0 spiro atoms. The molecule has 3 heterocycles. The van der Waals surface area contributed by atoms with Crippen molar-refractivity contribution in [2.24, 2.45) is 0 Å². The van der Waals surface area contributed by atoms with Gasteiger partial charge in [-0.25, -0.2) is 17.2 Å². The highest BCUT2D eigenvalue weighted by Gasteiger charge is 2.31. The van der Waals surface area contributed by atoms with Crippen LogP contribution < -0.4 is 16.6 Å². The van der Waals surface area contributed by atoms with E-state index < -0.39 is 26.2 Å². The molecule has 8 nitrogen and oxygen atoms in total. The molecule has 0 radical (unpaired) electrons. The molecule has 0 aliphatic carbocycles. The molecule has 2 aromatic heterocycles. The molecular weight excluding hydrogens is 368 g/mol. The number of aromatic nitrogens is 3. The first-order chi connectivity index (χ1) is 12.8. The summed E-state index contributed by atoms with van der Waals surface area (Å²) in [4.78, 5) is 27.8. The maximum atomic E-state index is 13.5. The SMILES string of the molecule is Cc1ccc2c(c1)c1c(n2S(=O)(=O)c2c(C)[nH]c(=O)[nH]c2=O)CCCNC1. The number of aromatic amines is 2. The van der Waals surface area contributed by atoms with Gasteiger partial charge in [0.25, 0.3) is 15.6 Å². The number of hydrogen-bond donors (Lipinski definition) is 3. The highest BCUT2D eigenvalue weighted by Crippen LogP contribution is 2.32. The second kappa shape index (κ2) is 6.21. The average molecular weight is 388 g/mol. The summed E-state index contributed by atoms with van der Waals surface area (Å²) in [5.74, 6) is 0. The molecule has 27 heavy (non-hydrogen) atoms. The molecule has 0 saturated heterocycles. The lowest BCUT2D eigenvalue weighted by Crippen LogP contribution is -2.32. The van der Waals surface area contributed by atoms with Gasteiger partial charge in [0.05, 0.1) is 5.52 Å². The molecule has 9 heteroatoms. The number of benzene rings is 1. The Bertz CT molecular complexity index is 1280. The Morgan fingerprint density at radius 3 is 2.63 bits per heavy atom. The largest absolute Gasteiger partial charge is 0.325 e. The molecule has 3 aromatic rings. The zero-order valence-electron chi connectivity index (χ0n) is 15.0. The van der Waals surface area contributed by atoms with Crippen LogP contribution in [0.4, 0.5) is 0 Å². The van der Waals surface area contributed by atoms with E-state index in [4.69, 9.17) is 0 Å². The Morgan fingerprint density at radius 2 is 1.89 bits per heavy atom. The molecule has 4 rings (SSSR count). The number of nitrogens with one attached hydrogen (secondary N) is 3. The molecule has 3 N–H and O–H groups in total. The summed E-state index contributed by atoms with van der Waals surface area (Å²) >= 11 is 0. The van der Waals surface area contributed by atoms with Crippen LogP contribution in [0.3, 0.4) is 0 Å². The molecule has 0 atom stereocenters. The van der Waals surface area contributed by atoms with Gasteiger partial charge in [-0.2, -0.15) is 0 Å². The number of rotatable bonds is 2. The first-order valence-electron chi connectivity index (χ1n) is 8.73. The number of H-pyrrole nitrogens is 2. The van der Waals surface area contributed by atoms with Crippen molar-refractivity contribution in [3.8, 4) is 0 Å². The molecule has 0 amide bonds. The predicted molar refractivity (Wildman–Crippen MR) is 102 cm³/mol. The number of fused-ring (bicyclic) bond motifs is 3. The van der Waals surface area contributed by atoms with Gasteiger partial charge in [0, 0.05) is 23.3 Å². The first kappa shape index (κ1) is 17.7. The van der Waals surface area contributed by atoms with E-state index in [1.807, 2.05) is 24.0 Å². The number of hydrogen-bond acceptors (Lipinski definition) is 5. The van der Waals surface area contributed by atoms with Crippen LogP contribution in [-0.4, -0.2) is 28.9 Å². The van der Waals surface area contributed by atoms with Crippen LogP contribution in [0.2, 0.25) is 0 Å². The molecule has 1 aromatic carbocycles. The van der Waals surface area contributed by atoms with E-state index in [0.717, 1.165) is 29.5 Å². The monoisotopic (exact) mass is 388 g/mol. The zero-order valence-corrected chi connectivity index (χ0v) is 15.9. The summed E-state index contributed by atoms with van der Waals surface area (Å²) in [6, 6.07) is 5.59. The van der Waals surface area contributed by atoms with Gasteiger partial charge in [-0.05, 0) is 50.9 Å². The third-order valence-corrected chi connectivity index (χ3v) is 6.84. The lowest BCUT2D eigenvalue weighted by Gasteiger charge is -2.13. The summed E-state index contributed by atoms with van der Waals surface area (Å²) < 4.78 is 28.3. The number of aryl methyl sites for hydroxylation is 2. The van der Waals surface area contributed by atoms with Gasteiger partial charge in [0.1, 0.15) is 0 Å². The summed E-state index contributed by atoms with van der Waals surface area (Å²) in [6.07, 6.45) is 1.37. The van der Waals surface area contributed by atoms with Crippen LogP contribution in [-0.2, 0) is 23.0 Å². The lowest BCUT2D eigenvalue weighted by molar-refractivity contribution is 0.583. The van der Waals surface area contributed by atoms with E-state index in [-0.39, 0.29) is 5.69 Å². The Morgan fingerprint density at radius 1 is 1.11 bits per heavy atom.